The number of thiophene rings is 1. The van der Waals surface area contributed by atoms with E-state index in [-0.39, 0.29) is 38.8 Å². The van der Waals surface area contributed by atoms with Crippen molar-refractivity contribution in [1.82, 2.24) is 14.8 Å². The van der Waals surface area contributed by atoms with E-state index in [1.54, 1.807) is 36.3 Å². The highest BCUT2D eigenvalue weighted by molar-refractivity contribution is 7.21. The Morgan fingerprint density at radius 1 is 1.14 bits per heavy atom. The van der Waals surface area contributed by atoms with Crippen LogP contribution in [0, 0.1) is 0 Å². The van der Waals surface area contributed by atoms with Crippen LogP contribution in [0.15, 0.2) is 43.2 Å². The number of nitrogens with one attached hydrogen (secondary N) is 2. The van der Waals surface area contributed by atoms with Crippen LogP contribution in [0.3, 0.4) is 0 Å². The zero-order chi connectivity index (χ0) is 25.3. The molecule has 0 saturated heterocycles. The Morgan fingerprint density at radius 3 is 2.46 bits per heavy atom. The molecule has 0 atom stereocenters. The number of benzene rings is 1. The molecule has 1 amide bonds. The number of carbonyl (C=O) groups excluding carboxylic acids is 2. The number of halogens is 2. The zero-order valence-electron chi connectivity index (χ0n) is 18.8. The van der Waals surface area contributed by atoms with E-state index in [4.69, 9.17) is 32.7 Å². The van der Waals surface area contributed by atoms with Gasteiger partial charge in [-0.05, 0) is 18.2 Å². The standard InChI is InChI=1S/C23H19Cl2N5O4S/c1-5-18(31)27-12-10-30(2)29-23(12)28-17-8-15-11(9-26-17)6-16(35-15)22(32)19-20(24)13(33-3)7-14(34-4)21(19)25/h5-10H,1H2,2-4H3,(H,27,31)(H,26,28,29). The number of ketones is 1. The van der Waals surface area contributed by atoms with Gasteiger partial charge in [0.25, 0.3) is 0 Å². The van der Waals surface area contributed by atoms with Crippen LogP contribution in [0.4, 0.5) is 17.3 Å². The number of ether oxygens (including phenoxy) is 2. The van der Waals surface area contributed by atoms with E-state index in [0.717, 1.165) is 10.1 Å². The van der Waals surface area contributed by atoms with Gasteiger partial charge in [-0.1, -0.05) is 29.8 Å². The SMILES string of the molecule is C=CC(=O)Nc1cn(C)nc1Nc1cc2sc(C(=O)c3c(Cl)c(OC)cc(OC)c3Cl)cc2cn1. The topological polar surface area (TPSA) is 107 Å². The second-order valence-corrected chi connectivity index (χ2v) is 9.05. The van der Waals surface area contributed by atoms with Crippen molar-refractivity contribution in [2.45, 2.75) is 0 Å². The normalized spacial score (nSPS) is 10.8. The molecule has 12 heteroatoms. The average Bonchev–Trinajstić information content (AvgIpc) is 3.41. The molecule has 3 heterocycles. The van der Waals surface area contributed by atoms with E-state index in [1.807, 2.05) is 0 Å². The van der Waals surface area contributed by atoms with E-state index in [9.17, 15) is 9.59 Å². The quantitative estimate of drug-likeness (QED) is 0.230. The van der Waals surface area contributed by atoms with Crippen molar-refractivity contribution in [2.75, 3.05) is 24.9 Å². The van der Waals surface area contributed by atoms with Crippen molar-refractivity contribution in [1.29, 1.82) is 0 Å². The first kappa shape index (κ1) is 24.5. The van der Waals surface area contributed by atoms with Crippen LogP contribution in [0.1, 0.15) is 15.2 Å². The number of hydrogen-bond donors (Lipinski definition) is 2. The summed E-state index contributed by atoms with van der Waals surface area (Å²) in [6.07, 6.45) is 4.45. The summed E-state index contributed by atoms with van der Waals surface area (Å²) < 4.78 is 12.9. The first-order chi connectivity index (χ1) is 16.7. The number of anilines is 3. The summed E-state index contributed by atoms with van der Waals surface area (Å²) in [4.78, 5) is 29.9. The Labute approximate surface area is 214 Å². The Morgan fingerprint density at radius 2 is 1.83 bits per heavy atom. The van der Waals surface area contributed by atoms with E-state index in [2.05, 4.69) is 27.3 Å². The van der Waals surface area contributed by atoms with Crippen molar-refractivity contribution in [3.05, 3.63) is 63.7 Å². The number of aromatic nitrogens is 3. The van der Waals surface area contributed by atoms with Gasteiger partial charge in [-0.3, -0.25) is 14.3 Å². The number of fused-ring (bicyclic) bond motifs is 1. The largest absolute Gasteiger partial charge is 0.495 e. The number of methoxy groups -OCH3 is 2. The molecule has 0 unspecified atom stereocenters. The maximum absolute atomic E-state index is 13.4. The number of hydrogen-bond acceptors (Lipinski definition) is 8. The summed E-state index contributed by atoms with van der Waals surface area (Å²) in [5, 5.41) is 11.0. The van der Waals surface area contributed by atoms with E-state index in [1.165, 1.54) is 37.7 Å². The molecular weight excluding hydrogens is 513 g/mol. The molecule has 3 aromatic heterocycles. The molecule has 1 aromatic carbocycles. The summed E-state index contributed by atoms with van der Waals surface area (Å²) in [6, 6.07) is 5.02. The molecule has 0 saturated carbocycles. The fraction of sp³-hybridized carbons (Fsp3) is 0.130. The number of aryl methyl sites for hydroxylation is 1. The number of nitrogens with zero attached hydrogens (tertiary/aromatic N) is 3. The van der Waals surface area contributed by atoms with E-state index < -0.39 is 0 Å². The van der Waals surface area contributed by atoms with E-state index >= 15 is 0 Å². The predicted octanol–water partition coefficient (Wildman–Crippen LogP) is 5.45. The van der Waals surface area contributed by atoms with Crippen LogP contribution in [-0.2, 0) is 11.8 Å². The summed E-state index contributed by atoms with van der Waals surface area (Å²) in [7, 11) is 4.61. The molecule has 9 nitrogen and oxygen atoms in total. The number of carbonyl (C=O) groups is 2. The Balaban J connectivity index is 1.68. The molecule has 0 spiro atoms. The minimum Gasteiger partial charge on any atom is -0.495 e. The Hall–Kier alpha value is -3.60. The van der Waals surface area contributed by atoms with Gasteiger partial charge in [0.2, 0.25) is 11.7 Å². The molecule has 0 fully saturated rings. The molecule has 0 aliphatic carbocycles. The van der Waals surface area contributed by atoms with Crippen LogP contribution in [0.5, 0.6) is 11.5 Å². The highest BCUT2D eigenvalue weighted by Crippen LogP contribution is 2.42. The van der Waals surface area contributed by atoms with Crippen LogP contribution >= 0.6 is 34.5 Å². The van der Waals surface area contributed by atoms with Gasteiger partial charge in [0, 0.05) is 29.4 Å². The minimum atomic E-state index is -0.368. The number of rotatable bonds is 8. The summed E-state index contributed by atoms with van der Waals surface area (Å²) in [5.41, 5.74) is 0.566. The van der Waals surface area contributed by atoms with Gasteiger partial charge in [0.05, 0.1) is 40.9 Å². The Bertz CT molecular complexity index is 1450. The molecule has 180 valence electrons. The fourth-order valence-corrected chi connectivity index (χ4v) is 4.99. The van der Waals surface area contributed by atoms with E-state index in [0.29, 0.717) is 22.2 Å². The van der Waals surface area contributed by atoms with Crippen molar-refractivity contribution >= 4 is 73.6 Å². The highest BCUT2D eigenvalue weighted by atomic mass is 35.5. The molecule has 35 heavy (non-hydrogen) atoms. The lowest BCUT2D eigenvalue weighted by Gasteiger charge is -2.13. The third-order valence-corrected chi connectivity index (χ3v) is 6.79. The van der Waals surface area contributed by atoms with Gasteiger partial charge in [0.15, 0.2) is 5.82 Å². The average molecular weight is 532 g/mol. The van der Waals surface area contributed by atoms with Gasteiger partial charge in [0.1, 0.15) is 23.0 Å². The van der Waals surface area contributed by atoms with Crippen LogP contribution in [0.2, 0.25) is 10.0 Å². The third-order valence-electron chi connectivity index (χ3n) is 4.94. The number of amides is 1. The summed E-state index contributed by atoms with van der Waals surface area (Å²) >= 11 is 14.1. The van der Waals surface area contributed by atoms with Gasteiger partial charge >= 0.3 is 0 Å². The second kappa shape index (κ2) is 9.95. The van der Waals surface area contributed by atoms with Gasteiger partial charge in [-0.15, -0.1) is 11.3 Å². The lowest BCUT2D eigenvalue weighted by molar-refractivity contribution is -0.111. The van der Waals surface area contributed by atoms with Crippen molar-refractivity contribution < 1.29 is 19.1 Å². The van der Waals surface area contributed by atoms with Crippen LogP contribution < -0.4 is 20.1 Å². The van der Waals surface area contributed by atoms with Crippen molar-refractivity contribution in [3.8, 4) is 11.5 Å². The van der Waals surface area contributed by atoms with Crippen LogP contribution in [-0.4, -0.2) is 40.7 Å². The minimum absolute atomic E-state index is 0.0958. The van der Waals surface area contributed by atoms with Gasteiger partial charge in [-0.2, -0.15) is 5.10 Å². The molecule has 0 aliphatic heterocycles. The van der Waals surface area contributed by atoms with Gasteiger partial charge < -0.3 is 20.1 Å². The van der Waals surface area contributed by atoms with Crippen molar-refractivity contribution in [2.24, 2.45) is 7.05 Å². The Kier molecular flexibility index (Phi) is 6.97. The van der Waals surface area contributed by atoms with Gasteiger partial charge in [-0.25, -0.2) is 4.98 Å². The lowest BCUT2D eigenvalue weighted by Crippen LogP contribution is -2.08. The first-order valence-electron chi connectivity index (χ1n) is 10.0. The van der Waals surface area contributed by atoms with Crippen LogP contribution in [0.25, 0.3) is 10.1 Å². The first-order valence-corrected chi connectivity index (χ1v) is 11.6. The maximum Gasteiger partial charge on any atom is 0.247 e. The third kappa shape index (κ3) is 4.81. The molecule has 0 radical (unpaired) electrons. The zero-order valence-corrected chi connectivity index (χ0v) is 21.1. The highest BCUT2D eigenvalue weighted by Gasteiger charge is 2.25. The molecule has 0 aliphatic rings. The predicted molar refractivity (Wildman–Crippen MR) is 138 cm³/mol. The number of pyridine rings is 1. The fourth-order valence-electron chi connectivity index (χ4n) is 3.30. The molecular formula is C23H19Cl2N5O4S. The van der Waals surface area contributed by atoms with Crippen molar-refractivity contribution in [3.63, 3.8) is 0 Å². The maximum atomic E-state index is 13.4. The lowest BCUT2D eigenvalue weighted by atomic mass is 10.1. The summed E-state index contributed by atoms with van der Waals surface area (Å²) in [6.45, 7) is 3.45. The summed E-state index contributed by atoms with van der Waals surface area (Å²) in [5.74, 6) is 0.708. The molecule has 4 rings (SSSR count). The molecule has 4 aromatic rings. The molecule has 0 bridgehead atoms. The molecule has 2 N–H and O–H groups in total. The second-order valence-electron chi connectivity index (χ2n) is 7.21. The smallest absolute Gasteiger partial charge is 0.247 e. The monoisotopic (exact) mass is 531 g/mol.